The van der Waals surface area contributed by atoms with Crippen LogP contribution in [0.25, 0.3) is 0 Å². The Kier molecular flexibility index (Phi) is 4.65. The van der Waals surface area contributed by atoms with E-state index in [0.29, 0.717) is 19.6 Å². The zero-order valence-electron chi connectivity index (χ0n) is 14.4. The lowest BCUT2D eigenvalue weighted by Gasteiger charge is -2.52. The van der Waals surface area contributed by atoms with Crippen molar-refractivity contribution in [1.29, 1.82) is 0 Å². The fraction of sp³-hybridized carbons (Fsp3) is 0.882. The van der Waals surface area contributed by atoms with E-state index in [-0.39, 0.29) is 22.8 Å². The van der Waals surface area contributed by atoms with Crippen LogP contribution in [0.4, 0.5) is 0 Å². The molecular weight excluding hydrogens is 294 g/mol. The molecule has 0 aromatic heterocycles. The molecule has 1 N–H and O–H groups in total. The van der Waals surface area contributed by atoms with E-state index >= 15 is 0 Å². The van der Waals surface area contributed by atoms with Crippen molar-refractivity contribution in [3.05, 3.63) is 0 Å². The summed E-state index contributed by atoms with van der Waals surface area (Å²) in [4.78, 5) is 29.2. The maximum Gasteiger partial charge on any atom is 0.231 e. The zero-order chi connectivity index (χ0) is 16.5. The highest BCUT2D eigenvalue weighted by Crippen LogP contribution is 2.44. The second-order valence-corrected chi connectivity index (χ2v) is 7.54. The largest absolute Gasteiger partial charge is 0.384 e. The fourth-order valence-electron chi connectivity index (χ4n) is 4.41. The van der Waals surface area contributed by atoms with Gasteiger partial charge in [-0.25, -0.2) is 0 Å². The average molecular weight is 323 g/mol. The lowest BCUT2D eigenvalue weighted by molar-refractivity contribution is -0.157. The maximum atomic E-state index is 13.1. The highest BCUT2D eigenvalue weighted by molar-refractivity contribution is 5.84. The molecule has 1 aliphatic carbocycles. The van der Waals surface area contributed by atoms with Gasteiger partial charge in [0.05, 0.1) is 12.0 Å². The number of nitrogens with zero attached hydrogens (tertiary/aromatic N) is 2. The van der Waals surface area contributed by atoms with E-state index < -0.39 is 0 Å². The van der Waals surface area contributed by atoms with Gasteiger partial charge in [-0.1, -0.05) is 6.42 Å². The fourth-order valence-corrected chi connectivity index (χ4v) is 4.41. The minimum Gasteiger partial charge on any atom is -0.384 e. The molecule has 0 bridgehead atoms. The number of ether oxygens (including phenoxy) is 1. The summed E-state index contributed by atoms with van der Waals surface area (Å²) in [6.07, 6.45) is 5.30. The van der Waals surface area contributed by atoms with Gasteiger partial charge in [-0.2, -0.15) is 0 Å². The number of amides is 2. The smallest absolute Gasteiger partial charge is 0.231 e. The molecule has 1 unspecified atom stereocenters. The summed E-state index contributed by atoms with van der Waals surface area (Å²) in [5.41, 5.74) is -0.351. The molecule has 6 nitrogen and oxygen atoms in total. The monoisotopic (exact) mass is 323 g/mol. The van der Waals surface area contributed by atoms with Gasteiger partial charge in [0.2, 0.25) is 11.8 Å². The Morgan fingerprint density at radius 1 is 1.26 bits per heavy atom. The number of piperazine rings is 1. The second kappa shape index (κ2) is 6.40. The first kappa shape index (κ1) is 16.7. The first-order valence-corrected chi connectivity index (χ1v) is 8.78. The van der Waals surface area contributed by atoms with E-state index in [1.807, 2.05) is 4.90 Å². The van der Waals surface area contributed by atoms with Crippen molar-refractivity contribution in [2.24, 2.45) is 5.41 Å². The normalized spacial score (nSPS) is 31.4. The van der Waals surface area contributed by atoms with Crippen LogP contribution in [0.1, 0.15) is 38.5 Å². The van der Waals surface area contributed by atoms with Gasteiger partial charge in [-0.05, 0) is 32.7 Å². The van der Waals surface area contributed by atoms with Crippen molar-refractivity contribution in [2.45, 2.75) is 44.1 Å². The summed E-state index contributed by atoms with van der Waals surface area (Å²) in [6, 6.07) is 0. The number of hydrogen-bond acceptors (Lipinski definition) is 4. The Morgan fingerprint density at radius 2 is 2.04 bits per heavy atom. The summed E-state index contributed by atoms with van der Waals surface area (Å²) in [6.45, 7) is 3.63. The van der Waals surface area contributed by atoms with Crippen LogP contribution in [0.3, 0.4) is 0 Å². The summed E-state index contributed by atoms with van der Waals surface area (Å²) >= 11 is 0. The van der Waals surface area contributed by atoms with E-state index in [1.165, 1.54) is 0 Å². The molecule has 3 fully saturated rings. The van der Waals surface area contributed by atoms with Crippen LogP contribution in [0.15, 0.2) is 0 Å². The predicted molar refractivity (Wildman–Crippen MR) is 87.0 cm³/mol. The standard InChI is InChI=1S/C17H29N3O3/c1-19-10-11-20(15(22)16(13-23-2)5-3-6-16)12-17(19)7-4-14(21)18-9-8-17/h3-13H2,1-2H3,(H,18,21). The van der Waals surface area contributed by atoms with Crippen molar-refractivity contribution in [1.82, 2.24) is 15.1 Å². The van der Waals surface area contributed by atoms with Gasteiger partial charge >= 0.3 is 0 Å². The molecule has 0 aromatic carbocycles. The van der Waals surface area contributed by atoms with Gasteiger partial charge in [0.15, 0.2) is 0 Å². The maximum absolute atomic E-state index is 13.1. The van der Waals surface area contributed by atoms with Crippen molar-refractivity contribution in [3.63, 3.8) is 0 Å². The molecular formula is C17H29N3O3. The van der Waals surface area contributed by atoms with E-state index in [1.54, 1.807) is 7.11 Å². The summed E-state index contributed by atoms with van der Waals surface area (Å²) in [5, 5.41) is 2.96. The molecule has 2 heterocycles. The molecule has 0 aromatic rings. The van der Waals surface area contributed by atoms with E-state index in [2.05, 4.69) is 17.3 Å². The van der Waals surface area contributed by atoms with Gasteiger partial charge in [-0.3, -0.25) is 14.5 Å². The first-order valence-electron chi connectivity index (χ1n) is 8.78. The highest BCUT2D eigenvalue weighted by Gasteiger charge is 2.50. The van der Waals surface area contributed by atoms with Gasteiger partial charge in [0.25, 0.3) is 0 Å². The van der Waals surface area contributed by atoms with Crippen LogP contribution in [0, 0.1) is 5.41 Å². The van der Waals surface area contributed by atoms with Crippen molar-refractivity contribution >= 4 is 11.8 Å². The molecule has 3 rings (SSSR count). The third-order valence-corrected chi connectivity index (χ3v) is 6.20. The van der Waals surface area contributed by atoms with Gasteiger partial charge in [0.1, 0.15) is 0 Å². The van der Waals surface area contributed by atoms with Crippen LogP contribution in [0.2, 0.25) is 0 Å². The minimum absolute atomic E-state index is 0.0644. The third kappa shape index (κ3) is 2.98. The van der Waals surface area contributed by atoms with E-state index in [9.17, 15) is 9.59 Å². The molecule has 1 saturated carbocycles. The predicted octanol–water partition coefficient (Wildman–Crippen LogP) is 0.616. The van der Waals surface area contributed by atoms with Crippen molar-refractivity contribution in [3.8, 4) is 0 Å². The molecule has 2 saturated heterocycles. The van der Waals surface area contributed by atoms with Crippen LogP contribution in [0.5, 0.6) is 0 Å². The topological polar surface area (TPSA) is 61.9 Å². The Labute approximate surface area is 138 Å². The quantitative estimate of drug-likeness (QED) is 0.827. The van der Waals surface area contributed by atoms with Crippen LogP contribution in [-0.4, -0.2) is 74.1 Å². The molecule has 23 heavy (non-hydrogen) atoms. The number of likely N-dealkylation sites (N-methyl/N-ethyl adjacent to an activating group) is 1. The Bertz CT molecular complexity index is 478. The molecule has 3 aliphatic rings. The van der Waals surface area contributed by atoms with Crippen LogP contribution < -0.4 is 5.32 Å². The lowest BCUT2D eigenvalue weighted by atomic mass is 9.68. The second-order valence-electron chi connectivity index (χ2n) is 7.54. The van der Waals surface area contributed by atoms with Gasteiger partial charge in [-0.15, -0.1) is 0 Å². The molecule has 0 radical (unpaired) electrons. The molecule has 1 spiro atoms. The van der Waals surface area contributed by atoms with E-state index in [0.717, 1.165) is 51.7 Å². The third-order valence-electron chi connectivity index (χ3n) is 6.20. The summed E-state index contributed by atoms with van der Waals surface area (Å²) in [5.74, 6) is 0.398. The lowest BCUT2D eigenvalue weighted by Crippen LogP contribution is -2.64. The van der Waals surface area contributed by atoms with Crippen molar-refractivity contribution < 1.29 is 14.3 Å². The molecule has 6 heteroatoms. The number of rotatable bonds is 3. The SMILES string of the molecule is COCC1(C(=O)N2CCN(C)C3(CCNC(=O)CC3)C2)CCC1. The summed E-state index contributed by atoms with van der Waals surface area (Å²) in [7, 11) is 3.81. The molecule has 2 amide bonds. The number of nitrogens with one attached hydrogen (secondary N) is 1. The number of carbonyl (C=O) groups excluding carboxylic acids is 2. The molecule has 2 aliphatic heterocycles. The Hall–Kier alpha value is -1.14. The first-order chi connectivity index (χ1) is 11.0. The Balaban J connectivity index is 1.74. The highest BCUT2D eigenvalue weighted by atomic mass is 16.5. The Morgan fingerprint density at radius 3 is 2.70 bits per heavy atom. The number of methoxy groups -OCH3 is 1. The van der Waals surface area contributed by atoms with Gasteiger partial charge in [0, 0.05) is 45.2 Å². The number of hydrogen-bond donors (Lipinski definition) is 1. The number of carbonyl (C=O) groups is 2. The zero-order valence-corrected chi connectivity index (χ0v) is 14.4. The van der Waals surface area contributed by atoms with Crippen LogP contribution >= 0.6 is 0 Å². The van der Waals surface area contributed by atoms with Gasteiger partial charge < -0.3 is 15.0 Å². The van der Waals surface area contributed by atoms with Crippen LogP contribution in [-0.2, 0) is 14.3 Å². The minimum atomic E-state index is -0.287. The molecule has 1 atom stereocenters. The average Bonchev–Trinajstić information content (AvgIpc) is 2.68. The van der Waals surface area contributed by atoms with E-state index in [4.69, 9.17) is 4.74 Å². The van der Waals surface area contributed by atoms with Crippen molar-refractivity contribution in [2.75, 3.05) is 46.9 Å². The summed E-state index contributed by atoms with van der Waals surface area (Å²) < 4.78 is 5.34. The molecule has 130 valence electrons.